The van der Waals surface area contributed by atoms with Crippen molar-refractivity contribution in [2.75, 3.05) is 23.4 Å². The monoisotopic (exact) mass is 451 g/mol. The number of nitrogens with one attached hydrogen (secondary N) is 1. The smallest absolute Gasteiger partial charge is 0.268 e. The topological polar surface area (TPSA) is 80.8 Å². The summed E-state index contributed by atoms with van der Waals surface area (Å²) >= 11 is 1.56. The standard InChI is InChI=1S/C24H25N3O4S/c1-4-21-24(29)27(13-23(28)26-17-7-9-18(10-8-17)30-5-2)20-12-16(6-11-22(20)31-21)19-14-32-15(3)25-19/h6-12,14,21H,4-5,13H2,1-3H3,(H,26,28). The van der Waals surface area contributed by atoms with E-state index in [0.717, 1.165) is 22.0 Å². The average molecular weight is 452 g/mol. The van der Waals surface area contributed by atoms with E-state index in [9.17, 15) is 9.59 Å². The molecule has 166 valence electrons. The number of anilines is 2. The quantitative estimate of drug-likeness (QED) is 0.565. The maximum absolute atomic E-state index is 13.1. The van der Waals surface area contributed by atoms with Crippen molar-refractivity contribution in [1.29, 1.82) is 0 Å². The zero-order valence-electron chi connectivity index (χ0n) is 18.3. The van der Waals surface area contributed by atoms with Crippen LogP contribution in [0.15, 0.2) is 47.8 Å². The van der Waals surface area contributed by atoms with E-state index in [1.165, 1.54) is 4.90 Å². The third kappa shape index (κ3) is 4.60. The van der Waals surface area contributed by atoms with Crippen LogP contribution in [0.25, 0.3) is 11.3 Å². The highest BCUT2D eigenvalue weighted by atomic mass is 32.1. The van der Waals surface area contributed by atoms with Gasteiger partial charge in [-0.1, -0.05) is 6.92 Å². The normalized spacial score (nSPS) is 15.2. The Kier molecular flexibility index (Phi) is 6.41. The summed E-state index contributed by atoms with van der Waals surface area (Å²) in [5.74, 6) is 0.799. The summed E-state index contributed by atoms with van der Waals surface area (Å²) in [7, 11) is 0. The first kappa shape index (κ1) is 21.8. The summed E-state index contributed by atoms with van der Waals surface area (Å²) in [6.07, 6.45) is -0.101. The molecule has 1 aliphatic rings. The minimum absolute atomic E-state index is 0.113. The molecule has 0 saturated heterocycles. The second kappa shape index (κ2) is 9.40. The van der Waals surface area contributed by atoms with Gasteiger partial charge in [0.1, 0.15) is 18.0 Å². The van der Waals surface area contributed by atoms with Crippen LogP contribution in [-0.4, -0.2) is 36.1 Å². The van der Waals surface area contributed by atoms with Crippen LogP contribution >= 0.6 is 11.3 Å². The number of carbonyl (C=O) groups is 2. The summed E-state index contributed by atoms with van der Waals surface area (Å²) in [4.78, 5) is 31.9. The van der Waals surface area contributed by atoms with E-state index in [0.29, 0.717) is 30.2 Å². The Labute approximate surface area is 191 Å². The van der Waals surface area contributed by atoms with Gasteiger partial charge in [-0.2, -0.15) is 0 Å². The largest absolute Gasteiger partial charge is 0.494 e. The van der Waals surface area contributed by atoms with Crippen molar-refractivity contribution in [2.45, 2.75) is 33.3 Å². The van der Waals surface area contributed by atoms with Crippen molar-refractivity contribution >= 4 is 34.5 Å². The molecule has 1 aromatic heterocycles. The molecule has 0 aliphatic carbocycles. The Morgan fingerprint density at radius 2 is 2.00 bits per heavy atom. The first-order valence-corrected chi connectivity index (χ1v) is 11.4. The van der Waals surface area contributed by atoms with E-state index in [4.69, 9.17) is 9.47 Å². The molecule has 2 heterocycles. The van der Waals surface area contributed by atoms with E-state index in [-0.39, 0.29) is 18.4 Å². The maximum Gasteiger partial charge on any atom is 0.268 e. The number of benzene rings is 2. The number of thiazole rings is 1. The molecular formula is C24H25N3O4S. The highest BCUT2D eigenvalue weighted by molar-refractivity contribution is 7.09. The van der Waals surface area contributed by atoms with Crippen LogP contribution in [-0.2, 0) is 9.59 Å². The molecule has 8 heteroatoms. The van der Waals surface area contributed by atoms with E-state index >= 15 is 0 Å². The predicted octanol–water partition coefficient (Wildman–Crippen LogP) is 4.66. The first-order valence-electron chi connectivity index (χ1n) is 10.6. The number of nitrogens with zero attached hydrogens (tertiary/aromatic N) is 2. The Morgan fingerprint density at radius 1 is 1.22 bits per heavy atom. The Morgan fingerprint density at radius 3 is 2.66 bits per heavy atom. The summed E-state index contributed by atoms with van der Waals surface area (Å²) in [6.45, 7) is 6.21. The fourth-order valence-corrected chi connectivity index (χ4v) is 4.17. The molecule has 7 nitrogen and oxygen atoms in total. The van der Waals surface area contributed by atoms with Gasteiger partial charge in [0.15, 0.2) is 6.10 Å². The Balaban J connectivity index is 1.57. The number of hydrogen-bond donors (Lipinski definition) is 1. The zero-order valence-corrected chi connectivity index (χ0v) is 19.1. The Bertz CT molecular complexity index is 1130. The number of ether oxygens (including phenoxy) is 2. The molecule has 0 spiro atoms. The van der Waals surface area contributed by atoms with E-state index in [2.05, 4.69) is 10.3 Å². The number of hydrogen-bond acceptors (Lipinski definition) is 6. The second-order valence-corrected chi connectivity index (χ2v) is 8.44. The number of aromatic nitrogens is 1. The van der Waals surface area contributed by atoms with Crippen LogP contribution < -0.4 is 19.7 Å². The van der Waals surface area contributed by atoms with Crippen LogP contribution in [0.2, 0.25) is 0 Å². The minimum Gasteiger partial charge on any atom is -0.494 e. The number of carbonyl (C=O) groups excluding carboxylic acids is 2. The molecule has 1 atom stereocenters. The molecule has 1 N–H and O–H groups in total. The van der Waals surface area contributed by atoms with Crippen LogP contribution in [0.1, 0.15) is 25.3 Å². The number of aryl methyl sites for hydroxylation is 1. The second-order valence-electron chi connectivity index (χ2n) is 7.38. The molecule has 2 aromatic carbocycles. The summed E-state index contributed by atoms with van der Waals surface area (Å²) in [6, 6.07) is 12.8. The molecule has 2 amide bonds. The molecule has 32 heavy (non-hydrogen) atoms. The lowest BCUT2D eigenvalue weighted by Crippen LogP contribution is -2.48. The fourth-order valence-electron chi connectivity index (χ4n) is 3.55. The molecule has 4 rings (SSSR count). The van der Waals surface area contributed by atoms with Crippen molar-refractivity contribution in [1.82, 2.24) is 4.98 Å². The van der Waals surface area contributed by atoms with Crippen LogP contribution in [0.5, 0.6) is 11.5 Å². The lowest BCUT2D eigenvalue weighted by atomic mass is 10.1. The van der Waals surface area contributed by atoms with E-state index < -0.39 is 6.10 Å². The molecule has 3 aromatic rings. The highest BCUT2D eigenvalue weighted by Crippen LogP contribution is 2.38. The molecule has 0 fully saturated rings. The van der Waals surface area contributed by atoms with Crippen molar-refractivity contribution in [3.8, 4) is 22.8 Å². The van der Waals surface area contributed by atoms with Crippen molar-refractivity contribution in [2.24, 2.45) is 0 Å². The summed E-state index contributed by atoms with van der Waals surface area (Å²) in [5, 5.41) is 5.79. The van der Waals surface area contributed by atoms with E-state index in [1.54, 1.807) is 35.6 Å². The van der Waals surface area contributed by atoms with Crippen molar-refractivity contribution < 1.29 is 19.1 Å². The van der Waals surface area contributed by atoms with Gasteiger partial charge in [-0.05, 0) is 62.7 Å². The number of rotatable bonds is 7. The minimum atomic E-state index is -0.617. The molecule has 1 unspecified atom stereocenters. The van der Waals surface area contributed by atoms with Gasteiger partial charge < -0.3 is 14.8 Å². The lowest BCUT2D eigenvalue weighted by molar-refractivity contribution is -0.128. The van der Waals surface area contributed by atoms with Gasteiger partial charge in [-0.25, -0.2) is 4.98 Å². The van der Waals surface area contributed by atoms with Crippen LogP contribution in [0.3, 0.4) is 0 Å². The highest BCUT2D eigenvalue weighted by Gasteiger charge is 2.34. The molecule has 1 aliphatic heterocycles. The van der Waals surface area contributed by atoms with Gasteiger partial charge in [-0.3, -0.25) is 14.5 Å². The van der Waals surface area contributed by atoms with Gasteiger partial charge >= 0.3 is 0 Å². The fraction of sp³-hybridized carbons (Fsp3) is 0.292. The Hall–Kier alpha value is -3.39. The number of fused-ring (bicyclic) bond motifs is 1. The van der Waals surface area contributed by atoms with Crippen molar-refractivity contribution in [3.63, 3.8) is 0 Å². The summed E-state index contributed by atoms with van der Waals surface area (Å²) in [5.41, 5.74) is 2.92. The third-order valence-corrected chi connectivity index (χ3v) is 5.87. The van der Waals surface area contributed by atoms with Gasteiger partial charge in [0, 0.05) is 16.6 Å². The third-order valence-electron chi connectivity index (χ3n) is 5.10. The summed E-state index contributed by atoms with van der Waals surface area (Å²) < 4.78 is 11.3. The van der Waals surface area contributed by atoms with Crippen molar-refractivity contribution in [3.05, 3.63) is 52.9 Å². The SMILES string of the molecule is CCOc1ccc(NC(=O)CN2C(=O)C(CC)Oc3ccc(-c4csc(C)n4)cc32)cc1. The van der Waals surface area contributed by atoms with Crippen LogP contribution in [0, 0.1) is 6.92 Å². The molecular weight excluding hydrogens is 426 g/mol. The van der Waals surface area contributed by atoms with Gasteiger partial charge in [0.2, 0.25) is 5.91 Å². The number of amides is 2. The van der Waals surface area contributed by atoms with Crippen LogP contribution in [0.4, 0.5) is 11.4 Å². The molecule has 0 saturated carbocycles. The predicted molar refractivity (Wildman–Crippen MR) is 126 cm³/mol. The maximum atomic E-state index is 13.1. The van der Waals surface area contributed by atoms with Gasteiger partial charge in [0.25, 0.3) is 5.91 Å². The molecule has 0 radical (unpaired) electrons. The van der Waals surface area contributed by atoms with Gasteiger partial charge in [-0.15, -0.1) is 11.3 Å². The first-order chi connectivity index (χ1) is 15.5. The molecule has 0 bridgehead atoms. The van der Waals surface area contributed by atoms with E-state index in [1.807, 2.05) is 44.4 Å². The zero-order chi connectivity index (χ0) is 22.7. The average Bonchev–Trinajstić information content (AvgIpc) is 3.23. The lowest BCUT2D eigenvalue weighted by Gasteiger charge is -2.34. The van der Waals surface area contributed by atoms with Gasteiger partial charge in [0.05, 0.1) is 23.0 Å².